The minimum absolute atomic E-state index is 0.0266. The van der Waals surface area contributed by atoms with Gasteiger partial charge in [0.05, 0.1) is 0 Å². The van der Waals surface area contributed by atoms with Gasteiger partial charge in [-0.2, -0.15) is 0 Å². The molecule has 2 unspecified atom stereocenters. The van der Waals surface area contributed by atoms with Crippen molar-refractivity contribution in [2.45, 2.75) is 51.1 Å². The van der Waals surface area contributed by atoms with Crippen LogP contribution in [0.25, 0.3) is 0 Å². The Morgan fingerprint density at radius 3 is 1.79 bits per heavy atom. The van der Waals surface area contributed by atoms with E-state index in [2.05, 4.69) is 10.6 Å². The highest BCUT2D eigenvalue weighted by atomic mass is 16.4. The number of carbonyl (C=O) groups excluding carboxylic acids is 3. The summed E-state index contributed by atoms with van der Waals surface area (Å²) in [6.45, 7) is 1.67. The molecular weight excluding hydrogens is 438 g/mol. The van der Waals surface area contributed by atoms with Crippen molar-refractivity contribution in [1.82, 2.24) is 16.0 Å². The Morgan fingerprint density at radius 1 is 0.788 bits per heavy atom. The average molecular weight is 465 g/mol. The van der Waals surface area contributed by atoms with Gasteiger partial charge < -0.3 is 31.3 Å². The molecular formula is C21H27N3O9. The van der Waals surface area contributed by atoms with E-state index in [-0.39, 0.29) is 31.1 Å². The van der Waals surface area contributed by atoms with E-state index in [1.54, 1.807) is 12.1 Å². The zero-order chi connectivity index (χ0) is 25.0. The predicted octanol–water partition coefficient (Wildman–Crippen LogP) is 0.860. The first-order chi connectivity index (χ1) is 15.5. The van der Waals surface area contributed by atoms with Crippen molar-refractivity contribution in [3.63, 3.8) is 0 Å². The lowest BCUT2D eigenvalue weighted by Gasteiger charge is -2.18. The fraction of sp³-hybridized carbons (Fsp3) is 0.429. The van der Waals surface area contributed by atoms with Gasteiger partial charge in [-0.05, 0) is 44.7 Å². The summed E-state index contributed by atoms with van der Waals surface area (Å²) in [4.78, 5) is 68.3. The van der Waals surface area contributed by atoms with Crippen LogP contribution in [-0.2, 0) is 14.4 Å². The van der Waals surface area contributed by atoms with Crippen LogP contribution in [0.2, 0.25) is 0 Å². The van der Waals surface area contributed by atoms with Crippen LogP contribution < -0.4 is 16.0 Å². The number of carboxylic acids is 3. The molecule has 12 heteroatoms. The number of urea groups is 1. The average Bonchev–Trinajstić information content (AvgIpc) is 2.74. The summed E-state index contributed by atoms with van der Waals surface area (Å²) in [5.41, 5.74) is 0.858. The molecule has 0 fully saturated rings. The molecule has 0 aliphatic carbocycles. The highest BCUT2D eigenvalue weighted by Crippen LogP contribution is 2.06. The quantitative estimate of drug-likeness (QED) is 0.170. The topological polar surface area (TPSA) is 199 Å². The van der Waals surface area contributed by atoms with E-state index < -0.39 is 42.4 Å². The zero-order valence-electron chi connectivity index (χ0n) is 18.0. The van der Waals surface area contributed by atoms with Gasteiger partial charge in [0.2, 0.25) is 0 Å². The van der Waals surface area contributed by atoms with Crippen LogP contribution in [0.4, 0.5) is 4.79 Å². The van der Waals surface area contributed by atoms with E-state index in [9.17, 15) is 33.9 Å². The van der Waals surface area contributed by atoms with Crippen LogP contribution in [-0.4, -0.2) is 69.6 Å². The number of hydrogen-bond donors (Lipinski definition) is 6. The van der Waals surface area contributed by atoms with Gasteiger partial charge >= 0.3 is 23.9 Å². The van der Waals surface area contributed by atoms with Gasteiger partial charge in [0.25, 0.3) is 5.91 Å². The van der Waals surface area contributed by atoms with E-state index >= 15 is 0 Å². The number of carboxylic acid groups (broad SMARTS) is 3. The summed E-state index contributed by atoms with van der Waals surface area (Å²) in [6, 6.07) is 2.32. The largest absolute Gasteiger partial charge is 0.481 e. The monoisotopic (exact) mass is 465 g/mol. The fourth-order valence-electron chi connectivity index (χ4n) is 2.77. The van der Waals surface area contributed by atoms with Crippen molar-refractivity contribution in [1.29, 1.82) is 0 Å². The Kier molecular flexibility index (Phi) is 11.0. The second-order valence-electron chi connectivity index (χ2n) is 7.22. The molecule has 0 saturated heterocycles. The lowest BCUT2D eigenvalue weighted by Crippen LogP contribution is -2.51. The number of carbonyl (C=O) groups is 6. The number of benzene rings is 1. The smallest absolute Gasteiger partial charge is 0.326 e. The molecule has 1 aromatic rings. The predicted molar refractivity (Wildman–Crippen MR) is 114 cm³/mol. The maximum atomic E-state index is 12.1. The molecule has 2 atom stereocenters. The molecule has 180 valence electrons. The summed E-state index contributed by atoms with van der Waals surface area (Å²) in [5.74, 6) is -4.46. The van der Waals surface area contributed by atoms with Gasteiger partial charge in [-0.15, -0.1) is 0 Å². The Hall–Kier alpha value is -3.96. The molecule has 6 N–H and O–H groups in total. The number of ketones is 1. The highest BCUT2D eigenvalue weighted by molar-refractivity contribution is 5.97. The Bertz CT molecular complexity index is 883. The summed E-state index contributed by atoms with van der Waals surface area (Å²) < 4.78 is 0. The number of rotatable bonds is 14. The van der Waals surface area contributed by atoms with Crippen molar-refractivity contribution in [3.05, 3.63) is 35.4 Å². The van der Waals surface area contributed by atoms with Crippen molar-refractivity contribution >= 4 is 35.6 Å². The summed E-state index contributed by atoms with van der Waals surface area (Å²) in [6.07, 6.45) is -0.0547. The number of hydrogen-bond acceptors (Lipinski definition) is 6. The van der Waals surface area contributed by atoms with Gasteiger partial charge in [0.1, 0.15) is 12.1 Å². The number of aliphatic carboxylic acids is 3. The van der Waals surface area contributed by atoms with Crippen LogP contribution in [0.5, 0.6) is 0 Å². The third-order valence-electron chi connectivity index (χ3n) is 4.61. The lowest BCUT2D eigenvalue weighted by atomic mass is 10.1. The van der Waals surface area contributed by atoms with E-state index in [4.69, 9.17) is 10.2 Å². The fourth-order valence-corrected chi connectivity index (χ4v) is 2.77. The first-order valence-corrected chi connectivity index (χ1v) is 10.1. The van der Waals surface area contributed by atoms with Crippen LogP contribution in [0, 0.1) is 0 Å². The standard InChI is InChI=1S/C21H27N3O9/c1-12(25)13-5-7-14(8-6-13)18(28)22-11-3-2-4-15(19(29)30)23-21(33)24-16(20(31)32)9-10-17(26)27/h5-8,15-16H,2-4,9-11H2,1H3,(H,22,28)(H,26,27)(H,29,30)(H,31,32)(H2,23,24,33). The second-order valence-corrected chi connectivity index (χ2v) is 7.22. The van der Waals surface area contributed by atoms with Gasteiger partial charge in [-0.3, -0.25) is 14.4 Å². The lowest BCUT2D eigenvalue weighted by molar-refractivity contribution is -0.140. The second kappa shape index (κ2) is 13.5. The van der Waals surface area contributed by atoms with Gasteiger partial charge in [0, 0.05) is 24.1 Å². The number of Topliss-reactive ketones (excluding diaryl/α,β-unsaturated/α-hetero) is 1. The molecule has 3 amide bonds. The van der Waals surface area contributed by atoms with Crippen LogP contribution >= 0.6 is 0 Å². The molecule has 33 heavy (non-hydrogen) atoms. The van der Waals surface area contributed by atoms with Crippen molar-refractivity contribution in [2.24, 2.45) is 0 Å². The van der Waals surface area contributed by atoms with Crippen molar-refractivity contribution < 1.29 is 44.1 Å². The summed E-state index contributed by atoms with van der Waals surface area (Å²) in [5, 5.41) is 33.8. The third-order valence-corrected chi connectivity index (χ3v) is 4.61. The minimum atomic E-state index is -1.48. The van der Waals surface area contributed by atoms with Crippen molar-refractivity contribution in [2.75, 3.05) is 6.54 Å². The molecule has 12 nitrogen and oxygen atoms in total. The Morgan fingerprint density at radius 2 is 1.30 bits per heavy atom. The summed E-state index contributed by atoms with van der Waals surface area (Å²) >= 11 is 0. The van der Waals surface area contributed by atoms with E-state index in [1.807, 2.05) is 5.32 Å². The molecule has 0 heterocycles. The maximum absolute atomic E-state index is 12.1. The van der Waals surface area contributed by atoms with Gasteiger partial charge in [-0.1, -0.05) is 12.1 Å². The first-order valence-electron chi connectivity index (χ1n) is 10.1. The Labute approximate surface area is 189 Å². The first kappa shape index (κ1) is 27.1. The Balaban J connectivity index is 2.43. The van der Waals surface area contributed by atoms with E-state index in [0.29, 0.717) is 24.0 Å². The molecule has 0 aliphatic rings. The zero-order valence-corrected chi connectivity index (χ0v) is 18.0. The molecule has 0 saturated carbocycles. The van der Waals surface area contributed by atoms with E-state index in [0.717, 1.165) is 0 Å². The molecule has 0 radical (unpaired) electrons. The SMILES string of the molecule is CC(=O)c1ccc(C(=O)NCCCCC(NC(=O)NC(CCC(=O)O)C(=O)O)C(=O)O)cc1. The molecule has 1 rings (SSSR count). The van der Waals surface area contributed by atoms with Gasteiger partial charge in [-0.25, -0.2) is 14.4 Å². The normalized spacial score (nSPS) is 12.2. The number of nitrogens with one attached hydrogen (secondary N) is 3. The minimum Gasteiger partial charge on any atom is -0.481 e. The molecule has 0 bridgehead atoms. The molecule has 1 aromatic carbocycles. The number of amides is 3. The van der Waals surface area contributed by atoms with Crippen LogP contribution in [0.15, 0.2) is 24.3 Å². The van der Waals surface area contributed by atoms with Crippen LogP contribution in [0.1, 0.15) is 59.7 Å². The molecule has 0 aliphatic heterocycles. The molecule has 0 aromatic heterocycles. The van der Waals surface area contributed by atoms with Crippen molar-refractivity contribution in [3.8, 4) is 0 Å². The van der Waals surface area contributed by atoms with Gasteiger partial charge in [0.15, 0.2) is 5.78 Å². The highest BCUT2D eigenvalue weighted by Gasteiger charge is 2.24. The molecule has 0 spiro atoms. The summed E-state index contributed by atoms with van der Waals surface area (Å²) in [7, 11) is 0. The van der Waals surface area contributed by atoms with E-state index in [1.165, 1.54) is 19.1 Å². The third kappa shape index (κ3) is 10.3. The maximum Gasteiger partial charge on any atom is 0.326 e. The van der Waals surface area contributed by atoms with Crippen LogP contribution in [0.3, 0.4) is 0 Å². The number of unbranched alkanes of at least 4 members (excludes halogenated alkanes) is 1.